The summed E-state index contributed by atoms with van der Waals surface area (Å²) >= 11 is 0. The van der Waals surface area contributed by atoms with Crippen molar-refractivity contribution in [3.05, 3.63) is 18.2 Å². The van der Waals surface area contributed by atoms with Crippen LogP contribution in [0.2, 0.25) is 0 Å². The quantitative estimate of drug-likeness (QED) is 0.408. The topological polar surface area (TPSA) is 150 Å². The smallest absolute Gasteiger partial charge is 0.328 e. The SMILES string of the molecule is COC(=O)C(C)NC(=O)C(Cc1cnc[nH]1)NC(=O)CCCC(=O)O. The lowest BCUT2D eigenvalue weighted by molar-refractivity contribution is -0.144. The van der Waals surface area contributed by atoms with Crippen molar-refractivity contribution in [1.29, 1.82) is 0 Å². The summed E-state index contributed by atoms with van der Waals surface area (Å²) < 4.78 is 4.54. The van der Waals surface area contributed by atoms with E-state index in [1.165, 1.54) is 26.6 Å². The summed E-state index contributed by atoms with van der Waals surface area (Å²) in [7, 11) is 1.21. The molecule has 2 atom stereocenters. The number of H-pyrrole nitrogens is 1. The number of carbonyl (C=O) groups excluding carboxylic acids is 3. The van der Waals surface area contributed by atoms with Crippen LogP contribution in [-0.2, 0) is 30.3 Å². The van der Waals surface area contributed by atoms with Crippen LogP contribution in [0.15, 0.2) is 12.5 Å². The normalized spacial score (nSPS) is 12.7. The van der Waals surface area contributed by atoms with E-state index in [-0.39, 0.29) is 25.7 Å². The third-order valence-electron chi connectivity index (χ3n) is 3.34. The van der Waals surface area contributed by atoms with Gasteiger partial charge in [-0.3, -0.25) is 14.4 Å². The highest BCUT2D eigenvalue weighted by Crippen LogP contribution is 2.02. The zero-order valence-corrected chi connectivity index (χ0v) is 14.1. The number of hydrogen-bond donors (Lipinski definition) is 4. The molecule has 0 saturated heterocycles. The number of esters is 1. The molecule has 1 heterocycles. The van der Waals surface area contributed by atoms with E-state index in [0.717, 1.165) is 0 Å². The predicted molar refractivity (Wildman–Crippen MR) is 85.3 cm³/mol. The Hall–Kier alpha value is -2.91. The molecule has 0 radical (unpaired) electrons. The highest BCUT2D eigenvalue weighted by atomic mass is 16.5. The van der Waals surface area contributed by atoms with Crippen LogP contribution in [-0.4, -0.2) is 58.0 Å². The molecular weight excluding hydrogens is 332 g/mol. The zero-order chi connectivity index (χ0) is 18.8. The molecule has 25 heavy (non-hydrogen) atoms. The number of hydrogen-bond acceptors (Lipinski definition) is 6. The Morgan fingerprint density at radius 3 is 2.56 bits per heavy atom. The zero-order valence-electron chi connectivity index (χ0n) is 14.1. The van der Waals surface area contributed by atoms with Crippen LogP contribution < -0.4 is 10.6 Å². The minimum Gasteiger partial charge on any atom is -0.481 e. The molecule has 0 spiro atoms. The summed E-state index contributed by atoms with van der Waals surface area (Å²) in [6.45, 7) is 1.46. The van der Waals surface area contributed by atoms with E-state index in [2.05, 4.69) is 25.3 Å². The lowest BCUT2D eigenvalue weighted by Gasteiger charge is -2.20. The molecule has 2 amide bonds. The summed E-state index contributed by atoms with van der Waals surface area (Å²) in [5.41, 5.74) is 0.622. The molecule has 4 N–H and O–H groups in total. The molecule has 10 nitrogen and oxygen atoms in total. The van der Waals surface area contributed by atoms with Crippen molar-refractivity contribution in [3.8, 4) is 0 Å². The van der Waals surface area contributed by atoms with Gasteiger partial charge in [0.05, 0.1) is 13.4 Å². The van der Waals surface area contributed by atoms with Gasteiger partial charge >= 0.3 is 11.9 Å². The van der Waals surface area contributed by atoms with Gasteiger partial charge in [-0.15, -0.1) is 0 Å². The van der Waals surface area contributed by atoms with E-state index >= 15 is 0 Å². The van der Waals surface area contributed by atoms with Gasteiger partial charge in [0.15, 0.2) is 0 Å². The minimum absolute atomic E-state index is 0.0222. The van der Waals surface area contributed by atoms with Crippen LogP contribution in [0.25, 0.3) is 0 Å². The van der Waals surface area contributed by atoms with E-state index in [9.17, 15) is 19.2 Å². The summed E-state index contributed by atoms with van der Waals surface area (Å²) in [6.07, 6.45) is 3.11. The predicted octanol–water partition coefficient (Wildman–Crippen LogP) is -0.630. The van der Waals surface area contributed by atoms with E-state index in [1.807, 2.05) is 0 Å². The third kappa shape index (κ3) is 7.46. The Labute approximate surface area is 144 Å². The molecule has 0 aromatic carbocycles. The minimum atomic E-state index is -0.994. The van der Waals surface area contributed by atoms with Gasteiger partial charge in [0, 0.05) is 31.2 Å². The molecular formula is C15H22N4O6. The number of rotatable bonds is 10. The molecule has 0 aliphatic heterocycles. The standard InChI is InChI=1S/C15H22N4O6/c1-9(15(24)25-2)18-14(23)11(6-10-7-16-8-17-10)19-12(20)4-3-5-13(21)22/h7-9,11H,3-6H2,1-2H3,(H,16,17)(H,18,23)(H,19,20)(H,21,22). The molecule has 2 unspecified atom stereocenters. The molecule has 1 aromatic rings. The lowest BCUT2D eigenvalue weighted by atomic mass is 10.1. The fourth-order valence-corrected chi connectivity index (χ4v) is 2.04. The first-order valence-electron chi connectivity index (χ1n) is 7.70. The van der Waals surface area contributed by atoms with Crippen molar-refractivity contribution in [2.24, 2.45) is 0 Å². The third-order valence-corrected chi connectivity index (χ3v) is 3.34. The molecule has 0 aliphatic rings. The second kappa shape index (κ2) is 10.1. The lowest BCUT2D eigenvalue weighted by Crippen LogP contribution is -2.51. The number of nitrogens with zero attached hydrogens (tertiary/aromatic N) is 1. The van der Waals surface area contributed by atoms with Crippen molar-refractivity contribution < 1.29 is 29.0 Å². The van der Waals surface area contributed by atoms with Crippen LogP contribution in [0.1, 0.15) is 31.9 Å². The second-order valence-electron chi connectivity index (χ2n) is 5.40. The number of methoxy groups -OCH3 is 1. The van der Waals surface area contributed by atoms with Crippen molar-refractivity contribution in [2.45, 2.75) is 44.7 Å². The number of aliphatic carboxylic acids is 1. The van der Waals surface area contributed by atoms with Crippen LogP contribution in [0.3, 0.4) is 0 Å². The number of aromatic amines is 1. The largest absolute Gasteiger partial charge is 0.481 e. The number of imidazole rings is 1. The fourth-order valence-electron chi connectivity index (χ4n) is 2.04. The number of amides is 2. The van der Waals surface area contributed by atoms with Gasteiger partial charge < -0.3 is 25.5 Å². The Balaban J connectivity index is 2.68. The van der Waals surface area contributed by atoms with Gasteiger partial charge in [0.1, 0.15) is 12.1 Å². The molecule has 1 rings (SSSR count). The van der Waals surface area contributed by atoms with Crippen molar-refractivity contribution in [3.63, 3.8) is 0 Å². The molecule has 1 aromatic heterocycles. The molecule has 0 fully saturated rings. The van der Waals surface area contributed by atoms with E-state index in [1.54, 1.807) is 0 Å². The summed E-state index contributed by atoms with van der Waals surface area (Å²) in [5, 5.41) is 13.6. The van der Waals surface area contributed by atoms with E-state index < -0.39 is 35.8 Å². The average molecular weight is 354 g/mol. The van der Waals surface area contributed by atoms with Crippen LogP contribution in [0, 0.1) is 0 Å². The summed E-state index contributed by atoms with van der Waals surface area (Å²) in [5.74, 6) is -2.61. The molecule has 0 aliphatic carbocycles. The first-order valence-corrected chi connectivity index (χ1v) is 7.70. The highest BCUT2D eigenvalue weighted by Gasteiger charge is 2.25. The van der Waals surface area contributed by atoms with E-state index in [4.69, 9.17) is 5.11 Å². The fraction of sp³-hybridized carbons (Fsp3) is 0.533. The first-order chi connectivity index (χ1) is 11.8. The molecule has 10 heteroatoms. The monoisotopic (exact) mass is 354 g/mol. The number of nitrogens with one attached hydrogen (secondary N) is 3. The van der Waals surface area contributed by atoms with Crippen LogP contribution >= 0.6 is 0 Å². The van der Waals surface area contributed by atoms with Crippen molar-refractivity contribution in [2.75, 3.05) is 7.11 Å². The summed E-state index contributed by atoms with van der Waals surface area (Å²) in [4.78, 5) is 52.9. The first kappa shape index (κ1) is 20.1. The second-order valence-corrected chi connectivity index (χ2v) is 5.40. The van der Waals surface area contributed by atoms with Gasteiger partial charge in [0.25, 0.3) is 0 Å². The van der Waals surface area contributed by atoms with Crippen LogP contribution in [0.4, 0.5) is 0 Å². The van der Waals surface area contributed by atoms with Gasteiger partial charge in [0.2, 0.25) is 11.8 Å². The number of ether oxygens (including phenoxy) is 1. The highest BCUT2D eigenvalue weighted by molar-refractivity contribution is 5.90. The van der Waals surface area contributed by atoms with Crippen molar-refractivity contribution in [1.82, 2.24) is 20.6 Å². The number of carbonyl (C=O) groups is 4. The average Bonchev–Trinajstić information content (AvgIpc) is 3.05. The Morgan fingerprint density at radius 2 is 2.00 bits per heavy atom. The van der Waals surface area contributed by atoms with Crippen molar-refractivity contribution >= 4 is 23.8 Å². The van der Waals surface area contributed by atoms with E-state index in [0.29, 0.717) is 5.69 Å². The van der Waals surface area contributed by atoms with Gasteiger partial charge in [-0.25, -0.2) is 9.78 Å². The number of carboxylic acids is 1. The Morgan fingerprint density at radius 1 is 1.28 bits per heavy atom. The maximum atomic E-state index is 12.4. The molecule has 0 saturated carbocycles. The maximum Gasteiger partial charge on any atom is 0.328 e. The molecule has 0 bridgehead atoms. The summed E-state index contributed by atoms with van der Waals surface area (Å²) in [6, 6.07) is -1.81. The molecule has 138 valence electrons. The number of carboxylic acid groups (broad SMARTS) is 1. The van der Waals surface area contributed by atoms with Crippen LogP contribution in [0.5, 0.6) is 0 Å². The Kier molecular flexibility index (Phi) is 8.10. The van der Waals surface area contributed by atoms with Gasteiger partial charge in [-0.05, 0) is 13.3 Å². The Bertz CT molecular complexity index is 601. The van der Waals surface area contributed by atoms with Gasteiger partial charge in [-0.2, -0.15) is 0 Å². The van der Waals surface area contributed by atoms with Gasteiger partial charge in [-0.1, -0.05) is 0 Å². The maximum absolute atomic E-state index is 12.4. The number of aromatic nitrogens is 2.